The standard InChI is InChI=1S/C27H34N2O6/c1-7-33-23-14-19(15-24(34-8-2)25(23)35-9-3)27(31)29(17(4)5)16-20-12-18-13-21(32-6)10-11-22(18)28-26(20)30/h10-15,17H,7-9,16H2,1-6H3,(H,28,30). The van der Waals surface area contributed by atoms with E-state index in [4.69, 9.17) is 18.9 Å². The summed E-state index contributed by atoms with van der Waals surface area (Å²) in [6.07, 6.45) is 0. The normalized spacial score (nSPS) is 10.9. The molecule has 1 aromatic heterocycles. The van der Waals surface area contributed by atoms with Crippen LogP contribution in [0.25, 0.3) is 10.9 Å². The third-order valence-corrected chi connectivity index (χ3v) is 5.51. The number of aromatic nitrogens is 1. The largest absolute Gasteiger partial charge is 0.497 e. The van der Waals surface area contributed by atoms with Gasteiger partial charge in [-0.25, -0.2) is 0 Å². The van der Waals surface area contributed by atoms with Gasteiger partial charge in [0.2, 0.25) is 5.75 Å². The summed E-state index contributed by atoms with van der Waals surface area (Å²) >= 11 is 0. The maximum atomic E-state index is 13.7. The summed E-state index contributed by atoms with van der Waals surface area (Å²) in [6.45, 7) is 10.8. The Labute approximate surface area is 205 Å². The zero-order chi connectivity index (χ0) is 25.5. The lowest BCUT2D eigenvalue weighted by molar-refractivity contribution is 0.0688. The van der Waals surface area contributed by atoms with Gasteiger partial charge in [-0.2, -0.15) is 0 Å². The van der Waals surface area contributed by atoms with Crippen LogP contribution in [0.5, 0.6) is 23.0 Å². The fourth-order valence-electron chi connectivity index (χ4n) is 3.82. The Kier molecular flexibility index (Phi) is 8.63. The van der Waals surface area contributed by atoms with E-state index in [1.54, 1.807) is 42.3 Å². The fraction of sp³-hybridized carbons (Fsp3) is 0.407. The molecule has 2 aromatic carbocycles. The van der Waals surface area contributed by atoms with Crippen molar-refractivity contribution in [3.63, 3.8) is 0 Å². The minimum absolute atomic E-state index is 0.139. The van der Waals surface area contributed by atoms with Crippen LogP contribution in [0.4, 0.5) is 0 Å². The second kappa shape index (κ2) is 11.6. The highest BCUT2D eigenvalue weighted by atomic mass is 16.5. The van der Waals surface area contributed by atoms with Gasteiger partial charge in [0.1, 0.15) is 5.75 Å². The number of carbonyl (C=O) groups excluding carboxylic acids is 1. The van der Waals surface area contributed by atoms with E-state index in [2.05, 4.69) is 4.98 Å². The van der Waals surface area contributed by atoms with Crippen molar-refractivity contribution in [3.8, 4) is 23.0 Å². The molecular weight excluding hydrogens is 448 g/mol. The first-order chi connectivity index (χ1) is 16.8. The molecule has 0 spiro atoms. The molecule has 0 saturated carbocycles. The van der Waals surface area contributed by atoms with E-state index in [1.165, 1.54) is 0 Å². The maximum Gasteiger partial charge on any atom is 0.254 e. The number of carbonyl (C=O) groups is 1. The number of hydrogen-bond donors (Lipinski definition) is 1. The Morgan fingerprint density at radius 1 is 0.943 bits per heavy atom. The second-order valence-corrected chi connectivity index (χ2v) is 8.20. The molecule has 3 rings (SSSR count). The summed E-state index contributed by atoms with van der Waals surface area (Å²) in [5, 5.41) is 0.827. The number of nitrogens with zero attached hydrogens (tertiary/aromatic N) is 1. The van der Waals surface area contributed by atoms with Gasteiger partial charge in [0.15, 0.2) is 11.5 Å². The van der Waals surface area contributed by atoms with Crippen LogP contribution in [-0.2, 0) is 6.54 Å². The molecular formula is C27H34N2O6. The van der Waals surface area contributed by atoms with Crippen molar-refractivity contribution in [2.45, 2.75) is 47.2 Å². The quantitative estimate of drug-likeness (QED) is 0.423. The first kappa shape index (κ1) is 25.9. The Hall–Kier alpha value is -3.68. The number of ether oxygens (including phenoxy) is 4. The van der Waals surface area contributed by atoms with Gasteiger partial charge in [0, 0.05) is 28.1 Å². The van der Waals surface area contributed by atoms with Crippen molar-refractivity contribution in [1.82, 2.24) is 9.88 Å². The monoisotopic (exact) mass is 482 g/mol. The zero-order valence-electron chi connectivity index (χ0n) is 21.3. The predicted octanol–water partition coefficient (Wildman–Crippen LogP) is 4.78. The van der Waals surface area contributed by atoms with Gasteiger partial charge >= 0.3 is 0 Å². The molecule has 0 unspecified atom stereocenters. The van der Waals surface area contributed by atoms with Gasteiger partial charge in [-0.1, -0.05) is 0 Å². The molecule has 8 heteroatoms. The SMILES string of the molecule is CCOc1cc(C(=O)N(Cc2cc3cc(OC)ccc3[nH]c2=O)C(C)C)cc(OCC)c1OCC. The first-order valence-corrected chi connectivity index (χ1v) is 11.9. The maximum absolute atomic E-state index is 13.7. The number of pyridine rings is 1. The van der Waals surface area contributed by atoms with Gasteiger partial charge in [-0.3, -0.25) is 9.59 Å². The van der Waals surface area contributed by atoms with E-state index in [0.717, 1.165) is 5.39 Å². The predicted molar refractivity (Wildman–Crippen MR) is 136 cm³/mol. The number of H-pyrrole nitrogens is 1. The van der Waals surface area contributed by atoms with E-state index in [-0.39, 0.29) is 24.1 Å². The highest BCUT2D eigenvalue weighted by molar-refractivity contribution is 5.96. The van der Waals surface area contributed by atoms with Gasteiger partial charge in [-0.05, 0) is 71.0 Å². The summed E-state index contributed by atoms with van der Waals surface area (Å²) < 4.78 is 22.6. The van der Waals surface area contributed by atoms with Crippen LogP contribution in [0.15, 0.2) is 41.2 Å². The zero-order valence-corrected chi connectivity index (χ0v) is 21.3. The van der Waals surface area contributed by atoms with Crippen LogP contribution >= 0.6 is 0 Å². The average Bonchev–Trinajstić information content (AvgIpc) is 2.83. The van der Waals surface area contributed by atoms with Crippen LogP contribution < -0.4 is 24.5 Å². The van der Waals surface area contributed by atoms with Crippen LogP contribution in [0, 0.1) is 0 Å². The summed E-state index contributed by atoms with van der Waals surface area (Å²) in [7, 11) is 1.59. The number of rotatable bonds is 11. The molecule has 0 fully saturated rings. The van der Waals surface area contributed by atoms with Gasteiger partial charge in [-0.15, -0.1) is 0 Å². The number of fused-ring (bicyclic) bond motifs is 1. The second-order valence-electron chi connectivity index (χ2n) is 8.20. The van der Waals surface area contributed by atoms with Crippen molar-refractivity contribution >= 4 is 16.8 Å². The molecule has 3 aromatic rings. The lowest BCUT2D eigenvalue weighted by Gasteiger charge is -2.27. The Morgan fingerprint density at radius 2 is 1.57 bits per heavy atom. The summed E-state index contributed by atoms with van der Waals surface area (Å²) in [4.78, 5) is 31.1. The third kappa shape index (κ3) is 5.88. The summed E-state index contributed by atoms with van der Waals surface area (Å²) in [5.41, 5.74) is 1.34. The number of amides is 1. The van der Waals surface area contributed by atoms with E-state index in [0.29, 0.717) is 59.5 Å². The van der Waals surface area contributed by atoms with Crippen molar-refractivity contribution in [1.29, 1.82) is 0 Å². The van der Waals surface area contributed by atoms with Crippen molar-refractivity contribution in [3.05, 3.63) is 57.9 Å². The number of hydrogen-bond acceptors (Lipinski definition) is 6. The molecule has 1 amide bonds. The molecule has 0 atom stereocenters. The number of nitrogens with one attached hydrogen (secondary N) is 1. The first-order valence-electron chi connectivity index (χ1n) is 11.9. The van der Waals surface area contributed by atoms with Gasteiger partial charge < -0.3 is 28.8 Å². The molecule has 188 valence electrons. The Bertz CT molecular complexity index is 1210. The van der Waals surface area contributed by atoms with E-state index >= 15 is 0 Å². The van der Waals surface area contributed by atoms with Crippen molar-refractivity contribution in [2.75, 3.05) is 26.9 Å². The highest BCUT2D eigenvalue weighted by Crippen LogP contribution is 2.39. The Morgan fingerprint density at radius 3 is 2.11 bits per heavy atom. The van der Waals surface area contributed by atoms with Crippen molar-refractivity contribution in [2.24, 2.45) is 0 Å². The number of methoxy groups -OCH3 is 1. The molecule has 1 heterocycles. The van der Waals surface area contributed by atoms with Crippen LogP contribution in [0.3, 0.4) is 0 Å². The van der Waals surface area contributed by atoms with Gasteiger partial charge in [0.25, 0.3) is 11.5 Å². The smallest absolute Gasteiger partial charge is 0.254 e. The molecule has 8 nitrogen and oxygen atoms in total. The van der Waals surface area contributed by atoms with Crippen LogP contribution in [0.1, 0.15) is 50.5 Å². The molecule has 1 N–H and O–H groups in total. The highest BCUT2D eigenvalue weighted by Gasteiger charge is 2.24. The minimum atomic E-state index is -0.241. The molecule has 0 aliphatic rings. The van der Waals surface area contributed by atoms with Crippen LogP contribution in [0.2, 0.25) is 0 Å². The van der Waals surface area contributed by atoms with E-state index in [1.807, 2.05) is 40.7 Å². The average molecular weight is 483 g/mol. The number of aromatic amines is 1. The topological polar surface area (TPSA) is 90.1 Å². The van der Waals surface area contributed by atoms with E-state index < -0.39 is 0 Å². The molecule has 0 aliphatic carbocycles. The molecule has 35 heavy (non-hydrogen) atoms. The fourth-order valence-corrected chi connectivity index (χ4v) is 3.82. The molecule has 0 bridgehead atoms. The Balaban J connectivity index is 2.02. The minimum Gasteiger partial charge on any atom is -0.497 e. The van der Waals surface area contributed by atoms with Crippen molar-refractivity contribution < 1.29 is 23.7 Å². The lowest BCUT2D eigenvalue weighted by Crippen LogP contribution is -2.38. The third-order valence-electron chi connectivity index (χ3n) is 5.51. The molecule has 0 radical (unpaired) electrons. The molecule has 0 aliphatic heterocycles. The van der Waals surface area contributed by atoms with Crippen LogP contribution in [-0.4, -0.2) is 48.8 Å². The molecule has 0 saturated heterocycles. The number of benzene rings is 2. The summed E-state index contributed by atoms with van der Waals surface area (Å²) in [6, 6.07) is 10.4. The van der Waals surface area contributed by atoms with E-state index in [9.17, 15) is 9.59 Å². The lowest BCUT2D eigenvalue weighted by atomic mass is 10.1. The van der Waals surface area contributed by atoms with Gasteiger partial charge in [0.05, 0.1) is 33.5 Å². The summed E-state index contributed by atoms with van der Waals surface area (Å²) in [5.74, 6) is 1.82.